The minimum Gasteiger partial charge on any atom is -0.466 e. The predicted molar refractivity (Wildman–Crippen MR) is 146 cm³/mol. The summed E-state index contributed by atoms with van der Waals surface area (Å²) in [5.41, 5.74) is 1.15. The number of ether oxygens (including phenoxy) is 1. The van der Waals surface area contributed by atoms with Gasteiger partial charge in [-0.15, -0.1) is 0 Å². The molecule has 2 aliphatic rings. The number of carbonyl (C=O) groups is 3. The number of hydrogen-bond donors (Lipinski definition) is 0. The van der Waals surface area contributed by atoms with Gasteiger partial charge in [0.15, 0.2) is 0 Å². The molecule has 2 amide bonds. The van der Waals surface area contributed by atoms with Crippen LogP contribution in [0, 0.1) is 5.92 Å². The van der Waals surface area contributed by atoms with E-state index in [2.05, 4.69) is 0 Å². The SMILES string of the molecule is CCOC(=O)[C@H]1CCCN(C(=O)c2ccc3c(c2)N(Cc2ccc(Cl)cc2)C(=O)c2ccccc2S3(=O)=O)C1. The summed E-state index contributed by atoms with van der Waals surface area (Å²) in [5, 5.41) is 0.532. The summed E-state index contributed by atoms with van der Waals surface area (Å²) in [7, 11) is -4.07. The zero-order valence-corrected chi connectivity index (χ0v) is 22.9. The fraction of sp³-hybridized carbons (Fsp3) is 0.276. The Morgan fingerprint density at radius 3 is 2.51 bits per heavy atom. The number of carbonyl (C=O) groups excluding carboxylic acids is 3. The van der Waals surface area contributed by atoms with Crippen LogP contribution < -0.4 is 4.90 Å². The summed E-state index contributed by atoms with van der Waals surface area (Å²) >= 11 is 6.04. The molecule has 0 aliphatic carbocycles. The van der Waals surface area contributed by atoms with Gasteiger partial charge in [0.2, 0.25) is 9.84 Å². The van der Waals surface area contributed by atoms with Gasteiger partial charge in [-0.05, 0) is 67.8 Å². The Bertz CT molecular complexity index is 1550. The molecule has 39 heavy (non-hydrogen) atoms. The lowest BCUT2D eigenvalue weighted by atomic mass is 9.97. The fourth-order valence-corrected chi connectivity index (χ4v) is 6.82. The van der Waals surface area contributed by atoms with E-state index in [0.717, 1.165) is 5.56 Å². The largest absolute Gasteiger partial charge is 0.466 e. The van der Waals surface area contributed by atoms with Crippen molar-refractivity contribution in [2.75, 3.05) is 24.6 Å². The van der Waals surface area contributed by atoms with Crippen LogP contribution in [0.15, 0.2) is 76.5 Å². The second-order valence-electron chi connectivity index (χ2n) is 9.54. The van der Waals surface area contributed by atoms with Crippen molar-refractivity contribution >= 4 is 44.9 Å². The molecule has 0 radical (unpaired) electrons. The molecule has 2 aliphatic heterocycles. The molecule has 8 nitrogen and oxygen atoms in total. The molecule has 5 rings (SSSR count). The van der Waals surface area contributed by atoms with Gasteiger partial charge in [-0.2, -0.15) is 0 Å². The van der Waals surface area contributed by atoms with Gasteiger partial charge in [-0.3, -0.25) is 14.4 Å². The molecular formula is C29H27ClN2O6S. The van der Waals surface area contributed by atoms with Crippen LogP contribution in [0.2, 0.25) is 5.02 Å². The molecule has 0 spiro atoms. The second kappa shape index (κ2) is 10.8. The third kappa shape index (κ3) is 5.16. The lowest BCUT2D eigenvalue weighted by Crippen LogP contribution is -2.43. The van der Waals surface area contributed by atoms with Crippen molar-refractivity contribution in [3.05, 3.63) is 88.4 Å². The summed E-state index contributed by atoms with van der Waals surface area (Å²) < 4.78 is 32.6. The van der Waals surface area contributed by atoms with Crippen LogP contribution in [0.5, 0.6) is 0 Å². The standard InChI is InChI=1S/C29H27ClN2O6S/c1-2-38-29(35)21-6-5-15-31(18-21)27(33)20-11-14-26-24(16-20)32(17-19-9-12-22(30)13-10-19)28(34)23-7-3-4-8-25(23)39(26,36)37/h3-4,7-14,16,21H,2,5-6,15,17-18H2,1H3/t21-/m0/s1. The first-order valence-corrected chi connectivity index (χ1v) is 14.6. The number of likely N-dealkylation sites (tertiary alicyclic amines) is 1. The first-order valence-electron chi connectivity index (χ1n) is 12.7. The molecule has 202 valence electrons. The van der Waals surface area contributed by atoms with Crippen molar-refractivity contribution in [3.8, 4) is 0 Å². The molecule has 0 aromatic heterocycles. The van der Waals surface area contributed by atoms with Gasteiger partial charge in [0.25, 0.3) is 11.8 Å². The summed E-state index contributed by atoms with van der Waals surface area (Å²) in [6.45, 7) is 2.75. The monoisotopic (exact) mass is 566 g/mol. The third-order valence-corrected chi connectivity index (χ3v) is 9.13. The molecular weight excluding hydrogens is 540 g/mol. The zero-order valence-electron chi connectivity index (χ0n) is 21.3. The second-order valence-corrected chi connectivity index (χ2v) is 11.9. The molecule has 0 N–H and O–H groups in total. The number of esters is 1. The van der Waals surface area contributed by atoms with E-state index >= 15 is 0 Å². The molecule has 0 unspecified atom stereocenters. The van der Waals surface area contributed by atoms with Crippen molar-refractivity contribution in [2.24, 2.45) is 5.92 Å². The number of anilines is 1. The van der Waals surface area contributed by atoms with Gasteiger partial charge >= 0.3 is 5.97 Å². The molecule has 3 aromatic rings. The van der Waals surface area contributed by atoms with Gasteiger partial charge in [-0.1, -0.05) is 35.9 Å². The van der Waals surface area contributed by atoms with Crippen molar-refractivity contribution in [1.82, 2.24) is 4.90 Å². The van der Waals surface area contributed by atoms with E-state index < -0.39 is 21.7 Å². The first-order chi connectivity index (χ1) is 18.7. The molecule has 1 atom stereocenters. The number of fused-ring (bicyclic) bond motifs is 2. The molecule has 0 bridgehead atoms. The van der Waals surface area contributed by atoms with E-state index in [4.69, 9.17) is 16.3 Å². The van der Waals surface area contributed by atoms with E-state index in [1.807, 2.05) is 0 Å². The lowest BCUT2D eigenvalue weighted by Gasteiger charge is -2.32. The Hall–Kier alpha value is -3.69. The Morgan fingerprint density at radius 1 is 1.03 bits per heavy atom. The molecule has 1 fully saturated rings. The maximum Gasteiger partial charge on any atom is 0.310 e. The van der Waals surface area contributed by atoms with E-state index in [9.17, 15) is 22.8 Å². The van der Waals surface area contributed by atoms with Gasteiger partial charge in [-0.25, -0.2) is 8.42 Å². The van der Waals surface area contributed by atoms with Crippen LogP contribution in [0.25, 0.3) is 0 Å². The van der Waals surface area contributed by atoms with Gasteiger partial charge in [0, 0.05) is 23.7 Å². The number of rotatable bonds is 5. The summed E-state index contributed by atoms with van der Waals surface area (Å²) in [6, 6.07) is 17.3. The number of hydrogen-bond acceptors (Lipinski definition) is 6. The quantitative estimate of drug-likeness (QED) is 0.413. The van der Waals surface area contributed by atoms with E-state index in [0.29, 0.717) is 24.4 Å². The molecule has 10 heteroatoms. The Labute approximate surface area is 232 Å². The van der Waals surface area contributed by atoms with Crippen LogP contribution in [0.3, 0.4) is 0 Å². The van der Waals surface area contributed by atoms with Crippen LogP contribution in [-0.2, 0) is 25.9 Å². The average molecular weight is 567 g/mol. The number of halogens is 1. The number of piperidine rings is 1. The highest BCUT2D eigenvalue weighted by molar-refractivity contribution is 7.91. The van der Waals surface area contributed by atoms with Crippen LogP contribution in [-0.4, -0.2) is 50.8 Å². The van der Waals surface area contributed by atoms with Crippen molar-refractivity contribution < 1.29 is 27.5 Å². The molecule has 3 aromatic carbocycles. The zero-order chi connectivity index (χ0) is 27.7. The number of amides is 2. The van der Waals surface area contributed by atoms with Gasteiger partial charge in [0.1, 0.15) is 0 Å². The summed E-state index contributed by atoms with van der Waals surface area (Å²) in [5.74, 6) is -1.58. The molecule has 1 saturated heterocycles. The minimum absolute atomic E-state index is 0.0591. The van der Waals surface area contributed by atoms with E-state index in [1.54, 1.807) is 48.2 Å². The fourth-order valence-electron chi connectivity index (χ4n) is 5.07. The van der Waals surface area contributed by atoms with Gasteiger partial charge < -0.3 is 14.5 Å². The Balaban J connectivity index is 1.57. The Kier molecular flexibility index (Phi) is 7.46. The molecule has 0 saturated carbocycles. The highest BCUT2D eigenvalue weighted by Crippen LogP contribution is 2.38. The number of benzene rings is 3. The summed E-state index contributed by atoms with van der Waals surface area (Å²) in [4.78, 5) is 42.5. The van der Waals surface area contributed by atoms with Gasteiger partial charge in [0.05, 0.1) is 40.1 Å². The number of nitrogens with zero attached hydrogens (tertiary/aromatic N) is 2. The minimum atomic E-state index is -4.07. The maximum absolute atomic E-state index is 13.8. The highest BCUT2D eigenvalue weighted by Gasteiger charge is 2.37. The number of sulfone groups is 1. The van der Waals surface area contributed by atoms with E-state index in [1.165, 1.54) is 35.2 Å². The van der Waals surface area contributed by atoms with Crippen molar-refractivity contribution in [3.63, 3.8) is 0 Å². The lowest BCUT2D eigenvalue weighted by molar-refractivity contribution is -0.149. The van der Waals surface area contributed by atoms with Crippen LogP contribution >= 0.6 is 11.6 Å². The predicted octanol–water partition coefficient (Wildman–Crippen LogP) is 4.75. The third-order valence-electron chi connectivity index (χ3n) is 7.02. The average Bonchev–Trinajstić information content (AvgIpc) is 3.02. The van der Waals surface area contributed by atoms with Crippen molar-refractivity contribution in [1.29, 1.82) is 0 Å². The highest BCUT2D eigenvalue weighted by atomic mass is 35.5. The summed E-state index contributed by atoms with van der Waals surface area (Å²) in [6.07, 6.45) is 1.28. The normalized spacial score (nSPS) is 18.1. The topological polar surface area (TPSA) is 101 Å². The van der Waals surface area contributed by atoms with Crippen LogP contribution in [0.4, 0.5) is 5.69 Å². The Morgan fingerprint density at radius 2 is 1.77 bits per heavy atom. The molecule has 2 heterocycles. The first kappa shape index (κ1) is 26.9. The smallest absolute Gasteiger partial charge is 0.310 e. The van der Waals surface area contributed by atoms with E-state index in [-0.39, 0.29) is 58.2 Å². The van der Waals surface area contributed by atoms with Crippen LogP contribution in [0.1, 0.15) is 46.0 Å². The maximum atomic E-state index is 13.8. The van der Waals surface area contributed by atoms with Crippen molar-refractivity contribution in [2.45, 2.75) is 36.1 Å².